The van der Waals surface area contributed by atoms with E-state index in [1.54, 1.807) is 6.07 Å². The molecule has 0 fully saturated rings. The summed E-state index contributed by atoms with van der Waals surface area (Å²) in [5, 5.41) is 4.05. The summed E-state index contributed by atoms with van der Waals surface area (Å²) in [6.07, 6.45) is -0.506. The van der Waals surface area contributed by atoms with E-state index in [1.807, 2.05) is 48.5 Å². The highest BCUT2D eigenvalue weighted by Crippen LogP contribution is 2.36. The van der Waals surface area contributed by atoms with Crippen molar-refractivity contribution in [1.29, 1.82) is 0 Å². The molecular weight excluding hydrogens is 254 g/mol. The van der Waals surface area contributed by atoms with Crippen LogP contribution in [0.15, 0.2) is 63.8 Å². The zero-order chi connectivity index (χ0) is 13.5. The van der Waals surface area contributed by atoms with Crippen molar-refractivity contribution in [1.82, 2.24) is 0 Å². The van der Waals surface area contributed by atoms with Crippen molar-refractivity contribution in [2.24, 2.45) is 0 Å². The van der Waals surface area contributed by atoms with Gasteiger partial charge in [0, 0.05) is 5.39 Å². The summed E-state index contributed by atoms with van der Waals surface area (Å²) < 4.78 is 11.1. The smallest absolute Gasteiger partial charge is 0.345 e. The molecule has 1 N–H and O–H groups in total. The van der Waals surface area contributed by atoms with E-state index in [0.717, 1.165) is 16.8 Å². The third-order valence-corrected chi connectivity index (χ3v) is 3.37. The van der Waals surface area contributed by atoms with Gasteiger partial charge in [0.25, 0.3) is 0 Å². The number of para-hydroxylation sites is 3. The molecule has 1 aliphatic rings. The SMILES string of the molecule is O=c1oc2ccccc2cc1C1Nc2ccccc2O1. The summed E-state index contributed by atoms with van der Waals surface area (Å²) in [5.41, 5.74) is 1.55. The Morgan fingerprint density at radius 1 is 1.00 bits per heavy atom. The molecule has 1 aliphatic heterocycles. The lowest BCUT2D eigenvalue weighted by molar-refractivity contribution is 0.254. The van der Waals surface area contributed by atoms with Crippen LogP contribution < -0.4 is 15.7 Å². The summed E-state index contributed by atoms with van der Waals surface area (Å²) in [6.45, 7) is 0. The molecule has 98 valence electrons. The fourth-order valence-electron chi connectivity index (χ4n) is 2.39. The molecule has 4 nitrogen and oxygen atoms in total. The van der Waals surface area contributed by atoms with Crippen LogP contribution in [0, 0.1) is 0 Å². The van der Waals surface area contributed by atoms with Crippen molar-refractivity contribution in [3.05, 3.63) is 70.6 Å². The first kappa shape index (κ1) is 11.1. The van der Waals surface area contributed by atoms with E-state index in [4.69, 9.17) is 9.15 Å². The maximum atomic E-state index is 12.1. The number of fused-ring (bicyclic) bond motifs is 2. The fraction of sp³-hybridized carbons (Fsp3) is 0.0625. The van der Waals surface area contributed by atoms with Crippen LogP contribution in [0.2, 0.25) is 0 Å². The molecule has 20 heavy (non-hydrogen) atoms. The topological polar surface area (TPSA) is 51.5 Å². The van der Waals surface area contributed by atoms with E-state index in [2.05, 4.69) is 5.32 Å². The normalized spacial score (nSPS) is 16.5. The summed E-state index contributed by atoms with van der Waals surface area (Å²) in [7, 11) is 0. The minimum Gasteiger partial charge on any atom is -0.464 e. The highest BCUT2D eigenvalue weighted by Gasteiger charge is 2.26. The van der Waals surface area contributed by atoms with Crippen molar-refractivity contribution >= 4 is 16.7 Å². The van der Waals surface area contributed by atoms with E-state index >= 15 is 0 Å². The Labute approximate surface area is 114 Å². The highest BCUT2D eigenvalue weighted by molar-refractivity contribution is 5.77. The Morgan fingerprint density at radius 2 is 1.80 bits per heavy atom. The molecule has 0 amide bonds. The van der Waals surface area contributed by atoms with Crippen LogP contribution in [-0.4, -0.2) is 0 Å². The lowest BCUT2D eigenvalue weighted by atomic mass is 10.1. The first-order valence-electron chi connectivity index (χ1n) is 6.36. The van der Waals surface area contributed by atoms with Crippen LogP contribution in [0.25, 0.3) is 11.0 Å². The average Bonchev–Trinajstić information content (AvgIpc) is 2.90. The van der Waals surface area contributed by atoms with E-state index in [1.165, 1.54) is 0 Å². The zero-order valence-corrected chi connectivity index (χ0v) is 10.5. The van der Waals surface area contributed by atoms with Gasteiger partial charge in [0.05, 0.1) is 11.3 Å². The molecule has 4 rings (SSSR count). The molecule has 3 aromatic rings. The molecule has 0 saturated carbocycles. The van der Waals surface area contributed by atoms with E-state index in [0.29, 0.717) is 11.1 Å². The van der Waals surface area contributed by atoms with Gasteiger partial charge in [-0.25, -0.2) is 4.79 Å². The summed E-state index contributed by atoms with van der Waals surface area (Å²) in [4.78, 5) is 12.1. The second-order valence-electron chi connectivity index (χ2n) is 4.67. The van der Waals surface area contributed by atoms with Crippen LogP contribution >= 0.6 is 0 Å². The van der Waals surface area contributed by atoms with Crippen molar-refractivity contribution in [2.45, 2.75) is 6.23 Å². The number of ether oxygens (including phenoxy) is 1. The number of nitrogens with one attached hydrogen (secondary N) is 1. The Bertz CT molecular complexity index is 828. The highest BCUT2D eigenvalue weighted by atomic mass is 16.5. The van der Waals surface area contributed by atoms with Gasteiger partial charge in [-0.2, -0.15) is 0 Å². The van der Waals surface area contributed by atoms with Gasteiger partial charge in [0.1, 0.15) is 11.3 Å². The van der Waals surface area contributed by atoms with Gasteiger partial charge < -0.3 is 14.5 Å². The number of benzene rings is 2. The quantitative estimate of drug-likeness (QED) is 0.686. The number of hydrogen-bond donors (Lipinski definition) is 1. The maximum absolute atomic E-state index is 12.1. The summed E-state index contributed by atoms with van der Waals surface area (Å²) in [6, 6.07) is 16.8. The van der Waals surface area contributed by atoms with Gasteiger partial charge >= 0.3 is 5.63 Å². The molecule has 0 bridgehead atoms. The van der Waals surface area contributed by atoms with Crippen molar-refractivity contribution in [2.75, 3.05) is 5.32 Å². The first-order chi connectivity index (χ1) is 9.81. The minimum absolute atomic E-state index is 0.381. The second kappa shape index (κ2) is 4.13. The predicted molar refractivity (Wildman–Crippen MR) is 75.9 cm³/mol. The Kier molecular flexibility index (Phi) is 2.29. The van der Waals surface area contributed by atoms with Crippen molar-refractivity contribution in [3.63, 3.8) is 0 Å². The fourth-order valence-corrected chi connectivity index (χ4v) is 2.39. The monoisotopic (exact) mass is 265 g/mol. The summed E-state index contributed by atoms with van der Waals surface area (Å²) in [5.74, 6) is 0.741. The third kappa shape index (κ3) is 1.66. The predicted octanol–water partition coefficient (Wildman–Crippen LogP) is 3.30. The minimum atomic E-state index is -0.506. The molecule has 0 radical (unpaired) electrons. The van der Waals surface area contributed by atoms with Crippen LogP contribution in [0.1, 0.15) is 11.8 Å². The number of rotatable bonds is 1. The second-order valence-corrected chi connectivity index (χ2v) is 4.67. The van der Waals surface area contributed by atoms with Gasteiger partial charge in [-0.05, 0) is 24.3 Å². The van der Waals surface area contributed by atoms with Gasteiger partial charge in [0.2, 0.25) is 6.23 Å². The first-order valence-corrected chi connectivity index (χ1v) is 6.36. The third-order valence-electron chi connectivity index (χ3n) is 3.37. The van der Waals surface area contributed by atoms with Crippen LogP contribution in [-0.2, 0) is 0 Å². The molecule has 2 aromatic carbocycles. The van der Waals surface area contributed by atoms with Gasteiger partial charge in [0.15, 0.2) is 0 Å². The molecule has 2 heterocycles. The van der Waals surface area contributed by atoms with Crippen LogP contribution in [0.4, 0.5) is 5.69 Å². The van der Waals surface area contributed by atoms with E-state index in [9.17, 15) is 4.79 Å². The number of hydrogen-bond acceptors (Lipinski definition) is 4. The molecule has 4 heteroatoms. The van der Waals surface area contributed by atoms with Crippen molar-refractivity contribution < 1.29 is 9.15 Å². The zero-order valence-electron chi connectivity index (χ0n) is 10.5. The maximum Gasteiger partial charge on any atom is 0.345 e. The molecule has 0 spiro atoms. The van der Waals surface area contributed by atoms with Crippen LogP contribution in [0.5, 0.6) is 5.75 Å². The molecule has 1 unspecified atom stereocenters. The lowest BCUT2D eigenvalue weighted by Crippen LogP contribution is -2.19. The lowest BCUT2D eigenvalue weighted by Gasteiger charge is -2.10. The molecule has 1 atom stereocenters. The van der Waals surface area contributed by atoms with Crippen molar-refractivity contribution in [3.8, 4) is 5.75 Å². The van der Waals surface area contributed by atoms with Gasteiger partial charge in [-0.1, -0.05) is 30.3 Å². The molecule has 1 aromatic heterocycles. The van der Waals surface area contributed by atoms with E-state index < -0.39 is 6.23 Å². The Hall–Kier alpha value is -2.75. The van der Waals surface area contributed by atoms with Crippen LogP contribution in [0.3, 0.4) is 0 Å². The molecule has 0 saturated heterocycles. The van der Waals surface area contributed by atoms with Gasteiger partial charge in [-0.3, -0.25) is 0 Å². The largest absolute Gasteiger partial charge is 0.464 e. The van der Waals surface area contributed by atoms with E-state index in [-0.39, 0.29) is 5.63 Å². The number of anilines is 1. The Morgan fingerprint density at radius 3 is 2.70 bits per heavy atom. The molecular formula is C16H11NO3. The van der Waals surface area contributed by atoms with Gasteiger partial charge in [-0.15, -0.1) is 0 Å². The standard InChI is InChI=1S/C16H11NO3/c18-16-11(9-10-5-1-3-7-13(10)20-16)15-17-12-6-2-4-8-14(12)19-15/h1-9,15,17H. The average molecular weight is 265 g/mol. The molecule has 0 aliphatic carbocycles. The summed E-state index contributed by atoms with van der Waals surface area (Å²) >= 11 is 0. The Balaban J connectivity index is 1.81.